The standard InChI is InChI=1S/C8H12N4O2/c9-7(13)6-14-4-3-12-8-5-10-1-2-11-8/h1-2,5H,3-4,6H2,(H2,9,13)(H,11,12). The lowest BCUT2D eigenvalue weighted by molar-refractivity contribution is -0.122. The Bertz CT molecular complexity index is 278. The molecule has 0 spiro atoms. The predicted octanol–water partition coefficient (Wildman–Crippen LogP) is -0.610. The molecule has 0 radical (unpaired) electrons. The topological polar surface area (TPSA) is 90.1 Å². The van der Waals surface area contributed by atoms with Gasteiger partial charge in [-0.15, -0.1) is 0 Å². The summed E-state index contributed by atoms with van der Waals surface area (Å²) < 4.78 is 4.93. The fraction of sp³-hybridized carbons (Fsp3) is 0.375. The number of anilines is 1. The van der Waals surface area contributed by atoms with Gasteiger partial charge < -0.3 is 15.8 Å². The molecule has 1 aromatic heterocycles. The molecule has 0 saturated carbocycles. The van der Waals surface area contributed by atoms with Gasteiger partial charge in [0.05, 0.1) is 12.8 Å². The zero-order chi connectivity index (χ0) is 10.2. The second-order valence-corrected chi connectivity index (χ2v) is 2.54. The average molecular weight is 196 g/mol. The van der Waals surface area contributed by atoms with Crippen LogP contribution in [0.5, 0.6) is 0 Å². The van der Waals surface area contributed by atoms with Crippen LogP contribution in [0.1, 0.15) is 0 Å². The van der Waals surface area contributed by atoms with Gasteiger partial charge in [0.2, 0.25) is 5.91 Å². The van der Waals surface area contributed by atoms with Crippen molar-refractivity contribution < 1.29 is 9.53 Å². The van der Waals surface area contributed by atoms with Gasteiger partial charge in [0.1, 0.15) is 12.4 Å². The van der Waals surface area contributed by atoms with Crippen LogP contribution in [0.15, 0.2) is 18.6 Å². The number of hydrogen-bond acceptors (Lipinski definition) is 5. The van der Waals surface area contributed by atoms with Crippen molar-refractivity contribution in [2.75, 3.05) is 25.1 Å². The van der Waals surface area contributed by atoms with E-state index in [-0.39, 0.29) is 6.61 Å². The molecule has 0 aliphatic heterocycles. The summed E-state index contributed by atoms with van der Waals surface area (Å²) in [5.74, 6) is 0.208. The first kappa shape index (κ1) is 10.4. The Balaban J connectivity index is 2.08. The quantitative estimate of drug-likeness (QED) is 0.592. The SMILES string of the molecule is NC(=O)COCCNc1cnccn1. The van der Waals surface area contributed by atoms with Gasteiger partial charge in [-0.05, 0) is 0 Å². The van der Waals surface area contributed by atoms with Crippen molar-refractivity contribution in [3.05, 3.63) is 18.6 Å². The van der Waals surface area contributed by atoms with E-state index in [1.54, 1.807) is 18.6 Å². The Labute approximate surface area is 81.5 Å². The molecule has 6 heteroatoms. The number of rotatable bonds is 6. The number of hydrogen-bond donors (Lipinski definition) is 2. The summed E-state index contributed by atoms with van der Waals surface area (Å²) in [4.78, 5) is 18.1. The third kappa shape index (κ3) is 4.36. The second-order valence-electron chi connectivity index (χ2n) is 2.54. The zero-order valence-corrected chi connectivity index (χ0v) is 7.64. The molecule has 0 bridgehead atoms. The van der Waals surface area contributed by atoms with E-state index in [0.717, 1.165) is 0 Å². The van der Waals surface area contributed by atoms with Gasteiger partial charge in [-0.3, -0.25) is 9.78 Å². The van der Waals surface area contributed by atoms with E-state index in [0.29, 0.717) is 19.0 Å². The molecule has 0 aliphatic carbocycles. The summed E-state index contributed by atoms with van der Waals surface area (Å²) in [6, 6.07) is 0. The Morgan fingerprint density at radius 2 is 2.43 bits per heavy atom. The highest BCUT2D eigenvalue weighted by atomic mass is 16.5. The highest BCUT2D eigenvalue weighted by Gasteiger charge is 1.94. The van der Waals surface area contributed by atoms with E-state index in [4.69, 9.17) is 10.5 Å². The molecule has 76 valence electrons. The van der Waals surface area contributed by atoms with E-state index < -0.39 is 5.91 Å². The van der Waals surface area contributed by atoms with Gasteiger partial charge in [-0.2, -0.15) is 0 Å². The molecule has 1 amide bonds. The van der Waals surface area contributed by atoms with Crippen LogP contribution in [0.25, 0.3) is 0 Å². The molecule has 1 rings (SSSR count). The number of nitrogens with two attached hydrogens (primary N) is 1. The molecule has 1 heterocycles. The van der Waals surface area contributed by atoms with Crippen LogP contribution < -0.4 is 11.1 Å². The Kier molecular flexibility index (Phi) is 4.36. The molecular weight excluding hydrogens is 184 g/mol. The normalized spacial score (nSPS) is 9.71. The van der Waals surface area contributed by atoms with Crippen LogP contribution in [0, 0.1) is 0 Å². The minimum absolute atomic E-state index is 0.0534. The minimum Gasteiger partial charge on any atom is -0.370 e. The van der Waals surface area contributed by atoms with Gasteiger partial charge in [-0.25, -0.2) is 4.98 Å². The van der Waals surface area contributed by atoms with E-state index in [1.807, 2.05) is 0 Å². The minimum atomic E-state index is -0.468. The van der Waals surface area contributed by atoms with Crippen molar-refractivity contribution in [2.45, 2.75) is 0 Å². The van der Waals surface area contributed by atoms with Crippen molar-refractivity contribution in [1.29, 1.82) is 0 Å². The molecular formula is C8H12N4O2. The van der Waals surface area contributed by atoms with Gasteiger partial charge >= 0.3 is 0 Å². The van der Waals surface area contributed by atoms with Crippen LogP contribution in [0.3, 0.4) is 0 Å². The Morgan fingerprint density at radius 3 is 3.07 bits per heavy atom. The molecule has 0 atom stereocenters. The largest absolute Gasteiger partial charge is 0.370 e. The Hall–Kier alpha value is -1.69. The highest BCUT2D eigenvalue weighted by molar-refractivity contribution is 5.74. The fourth-order valence-electron chi connectivity index (χ4n) is 0.814. The zero-order valence-electron chi connectivity index (χ0n) is 7.64. The third-order valence-electron chi connectivity index (χ3n) is 1.36. The molecule has 0 unspecified atom stereocenters. The molecule has 0 aliphatic rings. The van der Waals surface area contributed by atoms with Crippen LogP contribution in [0.2, 0.25) is 0 Å². The maximum absolute atomic E-state index is 10.3. The number of amides is 1. The molecule has 0 saturated heterocycles. The number of aromatic nitrogens is 2. The number of primary amides is 1. The molecule has 14 heavy (non-hydrogen) atoms. The maximum Gasteiger partial charge on any atom is 0.243 e. The van der Waals surface area contributed by atoms with Crippen molar-refractivity contribution in [3.63, 3.8) is 0 Å². The van der Waals surface area contributed by atoms with Crippen molar-refractivity contribution in [1.82, 2.24) is 9.97 Å². The maximum atomic E-state index is 10.3. The molecule has 0 aromatic carbocycles. The smallest absolute Gasteiger partial charge is 0.243 e. The lowest BCUT2D eigenvalue weighted by Gasteiger charge is -2.04. The van der Waals surface area contributed by atoms with Crippen LogP contribution >= 0.6 is 0 Å². The van der Waals surface area contributed by atoms with Gasteiger partial charge in [-0.1, -0.05) is 0 Å². The number of carbonyl (C=O) groups excluding carboxylic acids is 1. The van der Waals surface area contributed by atoms with Crippen molar-refractivity contribution in [2.24, 2.45) is 5.73 Å². The number of ether oxygens (including phenoxy) is 1. The first-order valence-corrected chi connectivity index (χ1v) is 4.15. The van der Waals surface area contributed by atoms with Crippen LogP contribution in [0.4, 0.5) is 5.82 Å². The summed E-state index contributed by atoms with van der Waals surface area (Å²) in [6.07, 6.45) is 4.79. The highest BCUT2D eigenvalue weighted by Crippen LogP contribution is 1.95. The van der Waals surface area contributed by atoms with Gasteiger partial charge in [0, 0.05) is 18.9 Å². The summed E-state index contributed by atoms with van der Waals surface area (Å²) in [5, 5.41) is 2.97. The predicted molar refractivity (Wildman–Crippen MR) is 50.5 cm³/mol. The molecule has 6 nitrogen and oxygen atoms in total. The van der Waals surface area contributed by atoms with Gasteiger partial charge in [0.15, 0.2) is 0 Å². The summed E-state index contributed by atoms with van der Waals surface area (Å²) in [7, 11) is 0. The van der Waals surface area contributed by atoms with E-state index in [9.17, 15) is 4.79 Å². The van der Waals surface area contributed by atoms with Crippen molar-refractivity contribution >= 4 is 11.7 Å². The monoisotopic (exact) mass is 196 g/mol. The fourth-order valence-corrected chi connectivity index (χ4v) is 0.814. The summed E-state index contributed by atoms with van der Waals surface area (Å²) in [6.45, 7) is 0.910. The van der Waals surface area contributed by atoms with Gasteiger partial charge in [0.25, 0.3) is 0 Å². The van der Waals surface area contributed by atoms with Crippen LogP contribution in [-0.2, 0) is 9.53 Å². The molecule has 1 aromatic rings. The second kappa shape index (κ2) is 5.87. The summed E-state index contributed by atoms with van der Waals surface area (Å²) in [5.41, 5.74) is 4.88. The molecule has 0 fully saturated rings. The molecule has 3 N–H and O–H groups in total. The van der Waals surface area contributed by atoms with E-state index in [1.165, 1.54) is 0 Å². The first-order chi connectivity index (χ1) is 6.79. The van der Waals surface area contributed by atoms with Crippen LogP contribution in [-0.4, -0.2) is 35.6 Å². The third-order valence-corrected chi connectivity index (χ3v) is 1.36. The summed E-state index contributed by atoms with van der Waals surface area (Å²) >= 11 is 0. The van der Waals surface area contributed by atoms with Crippen molar-refractivity contribution in [3.8, 4) is 0 Å². The van der Waals surface area contributed by atoms with E-state index in [2.05, 4.69) is 15.3 Å². The van der Waals surface area contributed by atoms with E-state index >= 15 is 0 Å². The Morgan fingerprint density at radius 1 is 1.57 bits per heavy atom. The number of carbonyl (C=O) groups is 1. The number of nitrogens with zero attached hydrogens (tertiary/aromatic N) is 2. The lowest BCUT2D eigenvalue weighted by atomic mass is 10.6. The number of nitrogens with one attached hydrogen (secondary N) is 1. The lowest BCUT2D eigenvalue weighted by Crippen LogP contribution is -2.20. The average Bonchev–Trinajstić information content (AvgIpc) is 2.18. The first-order valence-electron chi connectivity index (χ1n) is 4.15.